The van der Waals surface area contributed by atoms with Crippen LogP contribution in [0.2, 0.25) is 10.0 Å². The lowest BCUT2D eigenvalue weighted by Crippen LogP contribution is -2.03. The minimum absolute atomic E-state index is 0.188. The van der Waals surface area contributed by atoms with Crippen molar-refractivity contribution in [2.24, 2.45) is 0 Å². The molecule has 0 aliphatic rings. The molecule has 3 aromatic carbocycles. The summed E-state index contributed by atoms with van der Waals surface area (Å²) in [7, 11) is 1.55. The Bertz CT molecular complexity index is 979. The Morgan fingerprint density at radius 3 is 2.50 bits per heavy atom. The average molecular weight is 420 g/mol. The lowest BCUT2D eigenvalue weighted by atomic mass is 10.1. The van der Waals surface area contributed by atoms with Crippen LogP contribution in [0.15, 0.2) is 54.6 Å². The fraction of sp³-hybridized carbons (Fsp3) is 0.182. The smallest absolute Gasteiger partial charge is 0.180 e. The molecule has 1 N–H and O–H groups in total. The van der Waals surface area contributed by atoms with Crippen molar-refractivity contribution in [1.82, 2.24) is 0 Å². The van der Waals surface area contributed by atoms with E-state index in [1.807, 2.05) is 37.3 Å². The molecule has 0 radical (unpaired) electrons. The molecule has 0 aromatic heterocycles. The van der Waals surface area contributed by atoms with E-state index in [0.29, 0.717) is 33.7 Å². The van der Waals surface area contributed by atoms with Crippen LogP contribution in [0.1, 0.15) is 16.7 Å². The van der Waals surface area contributed by atoms with Crippen LogP contribution in [0.3, 0.4) is 0 Å². The molecule has 0 atom stereocenters. The number of halogens is 3. The fourth-order valence-corrected chi connectivity index (χ4v) is 3.26. The van der Waals surface area contributed by atoms with Crippen LogP contribution < -0.4 is 14.8 Å². The van der Waals surface area contributed by atoms with E-state index in [1.165, 1.54) is 12.1 Å². The predicted octanol–water partition coefficient (Wildman–Crippen LogP) is 6.64. The SMILES string of the molecule is COc1cc(CNc2cccc(Cl)c2C)cc(Cl)c1OCc1cccc(F)c1. The van der Waals surface area contributed by atoms with Gasteiger partial charge in [0, 0.05) is 17.3 Å². The van der Waals surface area contributed by atoms with Crippen molar-refractivity contribution in [2.75, 3.05) is 12.4 Å². The van der Waals surface area contributed by atoms with Crippen LogP contribution in [-0.2, 0) is 13.2 Å². The first-order chi connectivity index (χ1) is 13.5. The van der Waals surface area contributed by atoms with Crippen molar-refractivity contribution in [2.45, 2.75) is 20.1 Å². The highest BCUT2D eigenvalue weighted by atomic mass is 35.5. The van der Waals surface area contributed by atoms with E-state index in [0.717, 1.165) is 16.8 Å². The molecule has 3 nitrogen and oxygen atoms in total. The summed E-state index contributed by atoms with van der Waals surface area (Å²) in [5, 5.41) is 4.49. The van der Waals surface area contributed by atoms with E-state index in [-0.39, 0.29) is 12.4 Å². The van der Waals surface area contributed by atoms with Crippen molar-refractivity contribution in [3.8, 4) is 11.5 Å². The van der Waals surface area contributed by atoms with E-state index in [4.69, 9.17) is 32.7 Å². The third-order valence-corrected chi connectivity index (χ3v) is 5.00. The molecule has 0 aliphatic carbocycles. The topological polar surface area (TPSA) is 30.5 Å². The lowest BCUT2D eigenvalue weighted by molar-refractivity contribution is 0.284. The number of anilines is 1. The molecule has 6 heteroatoms. The standard InChI is InChI=1S/C22H20Cl2FNO2/c1-14-18(23)7-4-8-20(14)26-12-16-10-19(24)22(21(11-16)27-2)28-13-15-5-3-6-17(25)9-15/h3-11,26H,12-13H2,1-2H3. The highest BCUT2D eigenvalue weighted by Crippen LogP contribution is 2.37. The number of hydrogen-bond donors (Lipinski definition) is 1. The van der Waals surface area contributed by atoms with Gasteiger partial charge in [-0.15, -0.1) is 0 Å². The van der Waals surface area contributed by atoms with Gasteiger partial charge >= 0.3 is 0 Å². The van der Waals surface area contributed by atoms with E-state index in [2.05, 4.69) is 5.32 Å². The first-order valence-corrected chi connectivity index (χ1v) is 9.46. The van der Waals surface area contributed by atoms with Gasteiger partial charge in [-0.3, -0.25) is 0 Å². The van der Waals surface area contributed by atoms with Crippen molar-refractivity contribution in [1.29, 1.82) is 0 Å². The Morgan fingerprint density at radius 1 is 0.964 bits per heavy atom. The molecule has 146 valence electrons. The molecule has 0 aliphatic heterocycles. The number of ether oxygens (including phenoxy) is 2. The van der Waals surface area contributed by atoms with Crippen LogP contribution in [0.4, 0.5) is 10.1 Å². The summed E-state index contributed by atoms with van der Waals surface area (Å²) in [6, 6.07) is 15.6. The summed E-state index contributed by atoms with van der Waals surface area (Å²) in [4.78, 5) is 0. The largest absolute Gasteiger partial charge is 0.493 e. The third-order valence-electron chi connectivity index (χ3n) is 4.31. The van der Waals surface area contributed by atoms with Crippen LogP contribution in [0.5, 0.6) is 11.5 Å². The molecule has 3 rings (SSSR count). The minimum atomic E-state index is -0.308. The zero-order valence-electron chi connectivity index (χ0n) is 15.6. The molecule has 28 heavy (non-hydrogen) atoms. The molecule has 0 saturated carbocycles. The number of nitrogens with one attached hydrogen (secondary N) is 1. The second-order valence-corrected chi connectivity index (χ2v) is 7.11. The van der Waals surface area contributed by atoms with Crippen LogP contribution in [0, 0.1) is 12.7 Å². The maximum Gasteiger partial charge on any atom is 0.180 e. The molecule has 0 saturated heterocycles. The Balaban J connectivity index is 1.74. The van der Waals surface area contributed by atoms with E-state index >= 15 is 0 Å². The Kier molecular flexibility index (Phi) is 6.65. The van der Waals surface area contributed by atoms with Gasteiger partial charge in [0.15, 0.2) is 11.5 Å². The highest BCUT2D eigenvalue weighted by Gasteiger charge is 2.13. The van der Waals surface area contributed by atoms with Gasteiger partial charge in [0.25, 0.3) is 0 Å². The molecule has 0 unspecified atom stereocenters. The summed E-state index contributed by atoms with van der Waals surface area (Å²) in [6.07, 6.45) is 0. The predicted molar refractivity (Wildman–Crippen MR) is 112 cm³/mol. The molecular formula is C22H20Cl2FNO2. The normalized spacial score (nSPS) is 10.6. The van der Waals surface area contributed by atoms with Gasteiger partial charge < -0.3 is 14.8 Å². The van der Waals surface area contributed by atoms with Gasteiger partial charge in [0.2, 0.25) is 0 Å². The van der Waals surface area contributed by atoms with Crippen molar-refractivity contribution >= 4 is 28.9 Å². The van der Waals surface area contributed by atoms with Gasteiger partial charge in [0.05, 0.1) is 12.1 Å². The Hall–Kier alpha value is -2.43. The molecule has 0 bridgehead atoms. The van der Waals surface area contributed by atoms with E-state index in [1.54, 1.807) is 19.2 Å². The van der Waals surface area contributed by atoms with Gasteiger partial charge in [-0.05, 0) is 60.0 Å². The maximum atomic E-state index is 13.3. The van der Waals surface area contributed by atoms with Gasteiger partial charge in [-0.25, -0.2) is 4.39 Å². The lowest BCUT2D eigenvalue weighted by Gasteiger charge is -2.16. The summed E-state index contributed by atoms with van der Waals surface area (Å²) in [5.74, 6) is 0.636. The maximum absolute atomic E-state index is 13.3. The third kappa shape index (κ3) is 4.89. The Morgan fingerprint density at radius 2 is 1.75 bits per heavy atom. The average Bonchev–Trinajstić information content (AvgIpc) is 2.68. The van der Waals surface area contributed by atoms with Gasteiger partial charge in [0.1, 0.15) is 12.4 Å². The van der Waals surface area contributed by atoms with Gasteiger partial charge in [-0.1, -0.05) is 41.4 Å². The number of rotatable bonds is 7. The quantitative estimate of drug-likeness (QED) is 0.465. The highest BCUT2D eigenvalue weighted by molar-refractivity contribution is 6.32. The van der Waals surface area contributed by atoms with Crippen molar-refractivity contribution in [3.63, 3.8) is 0 Å². The van der Waals surface area contributed by atoms with E-state index in [9.17, 15) is 4.39 Å². The molecular weight excluding hydrogens is 400 g/mol. The summed E-state index contributed by atoms with van der Waals surface area (Å²) in [5.41, 5.74) is 3.57. The molecule has 0 fully saturated rings. The van der Waals surface area contributed by atoms with Gasteiger partial charge in [-0.2, -0.15) is 0 Å². The van der Waals surface area contributed by atoms with Crippen LogP contribution in [0.25, 0.3) is 0 Å². The fourth-order valence-electron chi connectivity index (χ4n) is 2.79. The summed E-state index contributed by atoms with van der Waals surface area (Å²) < 4.78 is 24.6. The molecule has 0 spiro atoms. The minimum Gasteiger partial charge on any atom is -0.493 e. The summed E-state index contributed by atoms with van der Waals surface area (Å²) >= 11 is 12.6. The van der Waals surface area contributed by atoms with Crippen molar-refractivity contribution < 1.29 is 13.9 Å². The number of methoxy groups -OCH3 is 1. The summed E-state index contributed by atoms with van der Waals surface area (Å²) in [6.45, 7) is 2.69. The first kappa shape index (κ1) is 20.3. The van der Waals surface area contributed by atoms with E-state index < -0.39 is 0 Å². The zero-order valence-corrected chi connectivity index (χ0v) is 17.1. The second-order valence-electron chi connectivity index (χ2n) is 6.29. The zero-order chi connectivity index (χ0) is 20.1. The molecule has 3 aromatic rings. The van der Waals surface area contributed by atoms with Crippen LogP contribution in [-0.4, -0.2) is 7.11 Å². The van der Waals surface area contributed by atoms with Crippen molar-refractivity contribution in [3.05, 3.63) is 87.2 Å². The second kappa shape index (κ2) is 9.18. The number of hydrogen-bond acceptors (Lipinski definition) is 3. The molecule has 0 heterocycles. The Labute approximate surface area is 174 Å². The first-order valence-electron chi connectivity index (χ1n) is 8.70. The number of benzene rings is 3. The van der Waals surface area contributed by atoms with Crippen LogP contribution >= 0.6 is 23.2 Å². The molecule has 0 amide bonds. The monoisotopic (exact) mass is 419 g/mol.